The van der Waals surface area contributed by atoms with Gasteiger partial charge in [0.1, 0.15) is 11.6 Å². The average Bonchev–Trinajstić information content (AvgIpc) is 2.66. The van der Waals surface area contributed by atoms with Crippen molar-refractivity contribution in [3.8, 4) is 6.07 Å². The molecule has 27 heavy (non-hydrogen) atoms. The molecule has 0 saturated heterocycles. The zero-order valence-electron chi connectivity index (χ0n) is 14.2. The summed E-state index contributed by atoms with van der Waals surface area (Å²) in [7, 11) is 0. The summed E-state index contributed by atoms with van der Waals surface area (Å²) in [4.78, 5) is 32.4. The first-order valence-corrected chi connectivity index (χ1v) is 7.74. The molecule has 0 aromatic heterocycles. The maximum Gasteiger partial charge on any atom is 0.346 e. The molecule has 1 unspecified atom stereocenters. The Kier molecular flexibility index (Phi) is 5.96. The molecule has 2 aromatic rings. The number of nitrogens with one attached hydrogen (secondary N) is 1. The van der Waals surface area contributed by atoms with Crippen LogP contribution in [0.1, 0.15) is 24.1 Å². The van der Waals surface area contributed by atoms with Crippen LogP contribution in [0.15, 0.2) is 54.1 Å². The van der Waals surface area contributed by atoms with Gasteiger partial charge in [-0.3, -0.25) is 25.0 Å². The Balaban J connectivity index is 2.29. The van der Waals surface area contributed by atoms with E-state index in [1.54, 1.807) is 13.0 Å². The first-order chi connectivity index (χ1) is 12.8. The molecule has 136 valence electrons. The molecule has 0 saturated carbocycles. The van der Waals surface area contributed by atoms with E-state index in [0.29, 0.717) is 0 Å². The fourth-order valence-electron chi connectivity index (χ4n) is 2.35. The molecule has 9 nitrogen and oxygen atoms in total. The number of benzene rings is 2. The van der Waals surface area contributed by atoms with Crippen LogP contribution in [0.5, 0.6) is 0 Å². The van der Waals surface area contributed by atoms with Gasteiger partial charge >= 0.3 is 11.4 Å². The lowest BCUT2D eigenvalue weighted by atomic mass is 10.1. The summed E-state index contributed by atoms with van der Waals surface area (Å²) in [6.07, 6.45) is 1.14. The van der Waals surface area contributed by atoms with Crippen molar-refractivity contribution in [2.24, 2.45) is 0 Å². The molecule has 2 aromatic carbocycles. The molecule has 0 radical (unpaired) electrons. The fourth-order valence-corrected chi connectivity index (χ4v) is 2.35. The third-order valence-corrected chi connectivity index (χ3v) is 3.72. The second kappa shape index (κ2) is 8.35. The standard InChI is InChI=1S/C18H14N4O5/c1-12(14-5-3-2-4-6-14)20-18(23)15(11-19)9-13-7-8-16(21(24)25)17(10-13)22(26)27/h2-10,12H,1H3,(H,20,23)/b15-9+. The molecule has 1 amide bonds. The average molecular weight is 366 g/mol. The topological polar surface area (TPSA) is 139 Å². The maximum atomic E-state index is 12.3. The smallest absolute Gasteiger partial charge is 0.345 e. The Bertz CT molecular complexity index is 963. The lowest BCUT2D eigenvalue weighted by Gasteiger charge is -2.13. The van der Waals surface area contributed by atoms with Crippen molar-refractivity contribution in [3.63, 3.8) is 0 Å². The van der Waals surface area contributed by atoms with Gasteiger partial charge in [0.25, 0.3) is 5.91 Å². The Morgan fingerprint density at radius 2 is 1.74 bits per heavy atom. The first kappa shape index (κ1) is 19.3. The van der Waals surface area contributed by atoms with E-state index in [4.69, 9.17) is 0 Å². The van der Waals surface area contributed by atoms with E-state index in [-0.39, 0.29) is 17.2 Å². The van der Waals surface area contributed by atoms with Crippen LogP contribution in [0.25, 0.3) is 6.08 Å². The molecule has 0 fully saturated rings. The maximum absolute atomic E-state index is 12.3. The van der Waals surface area contributed by atoms with Crippen molar-refractivity contribution in [3.05, 3.63) is 85.5 Å². The van der Waals surface area contributed by atoms with Gasteiger partial charge in [0, 0.05) is 12.1 Å². The predicted octanol–water partition coefficient (Wildman–Crippen LogP) is 3.29. The normalized spacial score (nSPS) is 11.9. The highest BCUT2D eigenvalue weighted by atomic mass is 16.6. The highest BCUT2D eigenvalue weighted by molar-refractivity contribution is 6.02. The van der Waals surface area contributed by atoms with E-state index in [9.17, 15) is 30.3 Å². The van der Waals surface area contributed by atoms with Gasteiger partial charge in [0.2, 0.25) is 0 Å². The minimum absolute atomic E-state index is 0.131. The van der Waals surface area contributed by atoms with E-state index >= 15 is 0 Å². The highest BCUT2D eigenvalue weighted by Gasteiger charge is 2.24. The molecule has 0 spiro atoms. The summed E-state index contributed by atoms with van der Waals surface area (Å²) < 4.78 is 0. The molecule has 1 atom stereocenters. The lowest BCUT2D eigenvalue weighted by molar-refractivity contribution is -0.422. The number of carbonyl (C=O) groups is 1. The Labute approximate surface area is 153 Å². The van der Waals surface area contributed by atoms with E-state index in [1.165, 1.54) is 6.07 Å². The van der Waals surface area contributed by atoms with E-state index in [2.05, 4.69) is 5.32 Å². The summed E-state index contributed by atoms with van der Waals surface area (Å²) in [5, 5.41) is 33.8. The molecule has 0 aliphatic carbocycles. The number of nitro groups is 2. The van der Waals surface area contributed by atoms with Crippen LogP contribution in [0.4, 0.5) is 11.4 Å². The monoisotopic (exact) mass is 366 g/mol. The number of rotatable bonds is 6. The van der Waals surface area contributed by atoms with Gasteiger partial charge in [-0.05, 0) is 30.2 Å². The Morgan fingerprint density at radius 3 is 2.30 bits per heavy atom. The minimum Gasteiger partial charge on any atom is -0.345 e. The van der Waals surface area contributed by atoms with Crippen LogP contribution in [0, 0.1) is 31.6 Å². The van der Waals surface area contributed by atoms with E-state index in [1.807, 2.05) is 30.3 Å². The molecule has 0 heterocycles. The van der Waals surface area contributed by atoms with Gasteiger partial charge in [0.05, 0.1) is 15.9 Å². The number of nitro benzene ring substituents is 2. The molecular formula is C18H14N4O5. The number of hydrogen-bond acceptors (Lipinski definition) is 6. The molecule has 0 aliphatic rings. The highest BCUT2D eigenvalue weighted by Crippen LogP contribution is 2.28. The van der Waals surface area contributed by atoms with Crippen LogP contribution in [-0.2, 0) is 4.79 Å². The van der Waals surface area contributed by atoms with Crippen LogP contribution in [0.3, 0.4) is 0 Å². The summed E-state index contributed by atoms with van der Waals surface area (Å²) in [5.74, 6) is -0.658. The zero-order valence-corrected chi connectivity index (χ0v) is 14.2. The van der Waals surface area contributed by atoms with Crippen molar-refractivity contribution in [2.45, 2.75) is 13.0 Å². The molecule has 0 aliphatic heterocycles. The predicted molar refractivity (Wildman–Crippen MR) is 96.3 cm³/mol. The van der Waals surface area contributed by atoms with Crippen molar-refractivity contribution in [2.75, 3.05) is 0 Å². The van der Waals surface area contributed by atoms with Crippen LogP contribution in [-0.4, -0.2) is 15.8 Å². The third-order valence-electron chi connectivity index (χ3n) is 3.72. The summed E-state index contributed by atoms with van der Waals surface area (Å²) in [5.41, 5.74) is -0.691. The number of amides is 1. The van der Waals surface area contributed by atoms with E-state index < -0.39 is 27.1 Å². The van der Waals surface area contributed by atoms with Crippen LogP contribution >= 0.6 is 0 Å². The second-order valence-corrected chi connectivity index (χ2v) is 5.54. The first-order valence-electron chi connectivity index (χ1n) is 7.74. The van der Waals surface area contributed by atoms with Gasteiger partial charge in [-0.25, -0.2) is 0 Å². The summed E-state index contributed by atoms with van der Waals surface area (Å²) in [6, 6.07) is 13.6. The van der Waals surface area contributed by atoms with E-state index in [0.717, 1.165) is 23.8 Å². The number of carbonyl (C=O) groups excluding carboxylic acids is 1. The minimum atomic E-state index is -0.890. The largest absolute Gasteiger partial charge is 0.346 e. The second-order valence-electron chi connectivity index (χ2n) is 5.54. The molecular weight excluding hydrogens is 352 g/mol. The molecule has 9 heteroatoms. The van der Waals surface area contributed by atoms with Gasteiger partial charge in [-0.1, -0.05) is 30.3 Å². The van der Waals surface area contributed by atoms with Crippen LogP contribution < -0.4 is 5.32 Å². The van der Waals surface area contributed by atoms with Crippen molar-refractivity contribution >= 4 is 23.4 Å². The number of nitrogens with zero attached hydrogens (tertiary/aromatic N) is 3. The van der Waals surface area contributed by atoms with Gasteiger partial charge in [-0.2, -0.15) is 5.26 Å². The SMILES string of the molecule is CC(NC(=O)/C(C#N)=C/c1ccc([N+](=O)[O-])c([N+](=O)[O-])c1)c1ccccc1. The molecule has 1 N–H and O–H groups in total. The fraction of sp³-hybridized carbons (Fsp3) is 0.111. The zero-order chi connectivity index (χ0) is 20.0. The molecule has 2 rings (SSSR count). The van der Waals surface area contributed by atoms with Crippen LogP contribution in [0.2, 0.25) is 0 Å². The number of hydrogen-bond donors (Lipinski definition) is 1. The van der Waals surface area contributed by atoms with Gasteiger partial charge in [0.15, 0.2) is 0 Å². The summed E-state index contributed by atoms with van der Waals surface area (Å²) in [6.45, 7) is 1.75. The Morgan fingerprint density at radius 1 is 1.11 bits per heavy atom. The summed E-state index contributed by atoms with van der Waals surface area (Å²) >= 11 is 0. The third kappa shape index (κ3) is 4.73. The van der Waals surface area contributed by atoms with Gasteiger partial charge < -0.3 is 5.32 Å². The quantitative estimate of drug-likeness (QED) is 0.360. The van der Waals surface area contributed by atoms with Gasteiger partial charge in [-0.15, -0.1) is 0 Å². The van der Waals surface area contributed by atoms with Crippen molar-refractivity contribution in [1.29, 1.82) is 5.26 Å². The molecule has 0 bridgehead atoms. The number of nitriles is 1. The van der Waals surface area contributed by atoms with Crippen molar-refractivity contribution in [1.82, 2.24) is 5.32 Å². The lowest BCUT2D eigenvalue weighted by Crippen LogP contribution is -2.27. The Hall–Kier alpha value is -4.06. The van der Waals surface area contributed by atoms with Crippen molar-refractivity contribution < 1.29 is 14.6 Å².